The van der Waals surface area contributed by atoms with Gasteiger partial charge in [0.1, 0.15) is 12.7 Å². The van der Waals surface area contributed by atoms with Crippen molar-refractivity contribution >= 4 is 12.2 Å². The number of hydrogen-bond donors (Lipinski definition) is 2. The molecule has 1 heterocycles. The van der Waals surface area contributed by atoms with Crippen LogP contribution in [0.4, 0.5) is 9.59 Å². The maximum absolute atomic E-state index is 12.3. The summed E-state index contributed by atoms with van der Waals surface area (Å²) in [6, 6.07) is 9.20. The minimum atomic E-state index is -0.756. The van der Waals surface area contributed by atoms with Gasteiger partial charge in [-0.2, -0.15) is 0 Å². The Morgan fingerprint density at radius 2 is 1.82 bits per heavy atom. The lowest BCUT2D eigenvalue weighted by Crippen LogP contribution is -2.43. The van der Waals surface area contributed by atoms with E-state index in [1.807, 2.05) is 51.1 Å². The third-order valence-electron chi connectivity index (χ3n) is 4.85. The van der Waals surface area contributed by atoms with E-state index in [1.165, 1.54) is 0 Å². The van der Waals surface area contributed by atoms with Crippen molar-refractivity contribution in [2.45, 2.75) is 57.8 Å². The van der Waals surface area contributed by atoms with E-state index in [9.17, 15) is 9.59 Å². The van der Waals surface area contributed by atoms with Crippen molar-refractivity contribution in [1.29, 1.82) is 0 Å². The zero-order valence-electron chi connectivity index (χ0n) is 16.5. The lowest BCUT2D eigenvalue weighted by molar-refractivity contribution is -0.160. The average molecular weight is 392 g/mol. The summed E-state index contributed by atoms with van der Waals surface area (Å²) in [5, 5.41) is 5.48. The Morgan fingerprint density at radius 1 is 1.11 bits per heavy atom. The summed E-state index contributed by atoms with van der Waals surface area (Å²) in [6.45, 7) is 6.38. The zero-order chi connectivity index (χ0) is 20.1. The van der Waals surface area contributed by atoms with Crippen LogP contribution in [0.2, 0.25) is 0 Å². The van der Waals surface area contributed by atoms with Gasteiger partial charge in [0.25, 0.3) is 0 Å². The van der Waals surface area contributed by atoms with Crippen LogP contribution in [0, 0.1) is 5.92 Å². The number of carbonyl (C=O) groups is 2. The highest BCUT2D eigenvalue weighted by atomic mass is 16.8. The average Bonchev–Trinajstić information content (AvgIpc) is 3.13. The molecule has 1 aromatic rings. The van der Waals surface area contributed by atoms with E-state index < -0.39 is 18.0 Å². The Hall–Kier alpha value is -2.32. The predicted octanol–water partition coefficient (Wildman–Crippen LogP) is 2.57. The van der Waals surface area contributed by atoms with Gasteiger partial charge in [-0.25, -0.2) is 9.59 Å². The van der Waals surface area contributed by atoms with E-state index in [0.717, 1.165) is 5.56 Å². The van der Waals surface area contributed by atoms with Crippen molar-refractivity contribution in [2.24, 2.45) is 5.92 Å². The summed E-state index contributed by atoms with van der Waals surface area (Å²) >= 11 is 0. The fraction of sp³-hybridized carbons (Fsp3) is 0.600. The first-order valence-electron chi connectivity index (χ1n) is 9.61. The van der Waals surface area contributed by atoms with Gasteiger partial charge in [-0.15, -0.1) is 0 Å². The first kappa shape index (κ1) is 20.4. The van der Waals surface area contributed by atoms with Crippen molar-refractivity contribution in [3.05, 3.63) is 35.9 Å². The quantitative estimate of drug-likeness (QED) is 0.773. The Bertz CT molecular complexity index is 681. The third-order valence-corrected chi connectivity index (χ3v) is 4.85. The topological polar surface area (TPSA) is 95.1 Å². The summed E-state index contributed by atoms with van der Waals surface area (Å²) in [7, 11) is 0. The van der Waals surface area contributed by atoms with Gasteiger partial charge in [0.2, 0.25) is 0 Å². The van der Waals surface area contributed by atoms with Crippen LogP contribution in [0.5, 0.6) is 0 Å². The van der Waals surface area contributed by atoms with E-state index in [4.69, 9.17) is 18.9 Å². The molecule has 1 saturated heterocycles. The highest BCUT2D eigenvalue weighted by molar-refractivity contribution is 5.68. The van der Waals surface area contributed by atoms with Gasteiger partial charge >= 0.3 is 12.2 Å². The van der Waals surface area contributed by atoms with Gasteiger partial charge in [0.05, 0.1) is 18.8 Å². The number of fused-ring (bicyclic) bond motifs is 1. The molecule has 0 aromatic heterocycles. The van der Waals surface area contributed by atoms with E-state index in [1.54, 1.807) is 0 Å². The standard InChI is InChI=1S/C20H28N2O6/c1-4-21-18(23)26-12-14-10-15(17-16(14)27-20(2,3)28-17)22-19(24)25-11-13-8-6-5-7-9-13/h5-9,14-17H,4,10-12H2,1-3H3,(H,21,23)(H,22,24)/t14-,15-,16-,17+/m1/s1. The Balaban J connectivity index is 1.56. The largest absolute Gasteiger partial charge is 0.449 e. The van der Waals surface area contributed by atoms with Crippen LogP contribution in [-0.4, -0.2) is 49.4 Å². The smallest absolute Gasteiger partial charge is 0.407 e. The van der Waals surface area contributed by atoms with Crippen LogP contribution in [0.25, 0.3) is 0 Å². The van der Waals surface area contributed by atoms with Crippen molar-refractivity contribution in [1.82, 2.24) is 10.6 Å². The Morgan fingerprint density at radius 3 is 2.54 bits per heavy atom. The first-order chi connectivity index (χ1) is 13.4. The number of rotatable bonds is 6. The molecule has 2 N–H and O–H groups in total. The van der Waals surface area contributed by atoms with Gasteiger partial charge in [-0.3, -0.25) is 0 Å². The second kappa shape index (κ2) is 8.79. The van der Waals surface area contributed by atoms with Gasteiger partial charge in [-0.1, -0.05) is 30.3 Å². The van der Waals surface area contributed by atoms with Crippen molar-refractivity contribution in [3.8, 4) is 0 Å². The number of alkyl carbamates (subject to hydrolysis) is 2. The number of ether oxygens (including phenoxy) is 4. The number of benzene rings is 1. The fourth-order valence-corrected chi connectivity index (χ4v) is 3.69. The maximum Gasteiger partial charge on any atom is 0.407 e. The molecule has 0 bridgehead atoms. The molecule has 0 radical (unpaired) electrons. The summed E-state index contributed by atoms with van der Waals surface area (Å²) in [5.41, 5.74) is 0.914. The predicted molar refractivity (Wildman–Crippen MR) is 101 cm³/mol. The summed E-state index contributed by atoms with van der Waals surface area (Å²) in [4.78, 5) is 23.9. The number of amides is 2. The van der Waals surface area contributed by atoms with Crippen LogP contribution in [0.1, 0.15) is 32.8 Å². The van der Waals surface area contributed by atoms with Crippen LogP contribution in [-0.2, 0) is 25.6 Å². The van der Waals surface area contributed by atoms with Crippen molar-refractivity contribution < 1.29 is 28.5 Å². The maximum atomic E-state index is 12.3. The van der Waals surface area contributed by atoms with Crippen LogP contribution >= 0.6 is 0 Å². The molecule has 28 heavy (non-hydrogen) atoms. The molecular formula is C20H28N2O6. The number of nitrogens with one attached hydrogen (secondary N) is 2. The fourth-order valence-electron chi connectivity index (χ4n) is 3.69. The SMILES string of the molecule is CCNC(=O)OC[C@H]1C[C@@H](NC(=O)OCc2ccccc2)[C@@H]2OC(C)(C)O[C@H]12. The van der Waals surface area contributed by atoms with Gasteiger partial charge in [0.15, 0.2) is 5.79 Å². The molecule has 8 nitrogen and oxygen atoms in total. The van der Waals surface area contributed by atoms with Crippen LogP contribution in [0.15, 0.2) is 30.3 Å². The minimum absolute atomic E-state index is 0.0752. The molecule has 2 aliphatic rings. The zero-order valence-corrected chi connectivity index (χ0v) is 16.5. The number of carbonyl (C=O) groups excluding carboxylic acids is 2. The molecule has 1 saturated carbocycles. The van der Waals surface area contributed by atoms with Crippen molar-refractivity contribution in [2.75, 3.05) is 13.2 Å². The summed E-state index contributed by atoms with van der Waals surface area (Å²) in [6.07, 6.45) is -0.973. The molecule has 154 valence electrons. The molecule has 0 spiro atoms. The molecule has 4 atom stereocenters. The van der Waals surface area contributed by atoms with Crippen molar-refractivity contribution in [3.63, 3.8) is 0 Å². The van der Waals surface area contributed by atoms with Gasteiger partial charge in [-0.05, 0) is 32.8 Å². The van der Waals surface area contributed by atoms with Crippen LogP contribution < -0.4 is 10.6 Å². The van der Waals surface area contributed by atoms with Crippen LogP contribution in [0.3, 0.4) is 0 Å². The molecule has 2 amide bonds. The lowest BCUT2D eigenvalue weighted by atomic mass is 10.1. The lowest BCUT2D eigenvalue weighted by Gasteiger charge is -2.23. The molecule has 1 aromatic carbocycles. The first-order valence-corrected chi connectivity index (χ1v) is 9.61. The molecule has 3 rings (SSSR count). The minimum Gasteiger partial charge on any atom is -0.449 e. The van der Waals surface area contributed by atoms with E-state index in [2.05, 4.69) is 10.6 Å². The van der Waals surface area contributed by atoms with Gasteiger partial charge < -0.3 is 29.6 Å². The summed E-state index contributed by atoms with van der Waals surface area (Å²) in [5.74, 6) is -0.832. The molecule has 1 aliphatic heterocycles. The highest BCUT2D eigenvalue weighted by Crippen LogP contribution is 2.41. The summed E-state index contributed by atoms with van der Waals surface area (Å²) < 4.78 is 22.6. The second-order valence-corrected chi connectivity index (χ2v) is 7.50. The molecule has 1 aliphatic carbocycles. The monoisotopic (exact) mass is 392 g/mol. The van der Waals surface area contributed by atoms with E-state index in [-0.39, 0.29) is 37.4 Å². The van der Waals surface area contributed by atoms with E-state index in [0.29, 0.717) is 13.0 Å². The molecule has 2 fully saturated rings. The van der Waals surface area contributed by atoms with Gasteiger partial charge in [0, 0.05) is 12.5 Å². The Kier molecular flexibility index (Phi) is 6.41. The molecule has 8 heteroatoms. The number of hydrogen-bond acceptors (Lipinski definition) is 6. The van der Waals surface area contributed by atoms with E-state index >= 15 is 0 Å². The third kappa shape index (κ3) is 5.14. The normalized spacial score (nSPS) is 27.7. The Labute approximate surface area is 164 Å². The molecule has 0 unspecified atom stereocenters. The molecular weight excluding hydrogens is 364 g/mol. The second-order valence-electron chi connectivity index (χ2n) is 7.50. The highest BCUT2D eigenvalue weighted by Gasteiger charge is 2.54.